The third-order valence-corrected chi connectivity index (χ3v) is 5.29. The minimum absolute atomic E-state index is 0.901. The fourth-order valence-electron chi connectivity index (χ4n) is 3.36. The molecule has 6 heteroatoms. The molecule has 0 radical (unpaired) electrons. The van der Waals surface area contributed by atoms with E-state index in [2.05, 4.69) is 73.5 Å². The maximum absolute atomic E-state index is 5.50. The van der Waals surface area contributed by atoms with E-state index >= 15 is 0 Å². The second kappa shape index (κ2) is 7.21. The summed E-state index contributed by atoms with van der Waals surface area (Å²) < 4.78 is 8.83. The highest BCUT2D eigenvalue weighted by molar-refractivity contribution is 14.1. The van der Waals surface area contributed by atoms with Crippen LogP contribution in [-0.2, 0) is 6.54 Å². The van der Waals surface area contributed by atoms with Gasteiger partial charge in [0, 0.05) is 48.7 Å². The number of benzene rings is 1. The van der Waals surface area contributed by atoms with E-state index in [4.69, 9.17) is 9.72 Å². The van der Waals surface area contributed by atoms with Gasteiger partial charge in [-0.2, -0.15) is 0 Å². The van der Waals surface area contributed by atoms with Crippen molar-refractivity contribution >= 4 is 33.9 Å². The normalized spacial score (nSPS) is 15.7. The smallest absolute Gasteiger partial charge is 0.142 e. The van der Waals surface area contributed by atoms with E-state index < -0.39 is 0 Å². The van der Waals surface area contributed by atoms with Gasteiger partial charge in [0.05, 0.1) is 18.5 Å². The molecular formula is C19H21IN4O. The van der Waals surface area contributed by atoms with Gasteiger partial charge in [0.25, 0.3) is 0 Å². The Morgan fingerprint density at radius 3 is 2.64 bits per heavy atom. The molecule has 25 heavy (non-hydrogen) atoms. The summed E-state index contributed by atoms with van der Waals surface area (Å²) in [5.41, 5.74) is 3.34. The Morgan fingerprint density at radius 2 is 1.84 bits per heavy atom. The molecule has 130 valence electrons. The molecule has 0 aliphatic carbocycles. The van der Waals surface area contributed by atoms with Gasteiger partial charge in [-0.25, -0.2) is 4.98 Å². The number of piperazine rings is 1. The van der Waals surface area contributed by atoms with E-state index in [1.807, 2.05) is 12.1 Å². The highest BCUT2D eigenvalue weighted by Gasteiger charge is 2.20. The summed E-state index contributed by atoms with van der Waals surface area (Å²) in [5, 5.41) is 0. The molecule has 1 fully saturated rings. The van der Waals surface area contributed by atoms with Crippen molar-refractivity contribution in [3.05, 3.63) is 58.1 Å². The molecule has 0 bridgehead atoms. The predicted molar refractivity (Wildman–Crippen MR) is 108 cm³/mol. The molecule has 0 saturated carbocycles. The topological polar surface area (TPSA) is 33.0 Å². The van der Waals surface area contributed by atoms with Crippen LogP contribution in [0.4, 0.5) is 5.69 Å². The van der Waals surface area contributed by atoms with Crippen LogP contribution in [0.5, 0.6) is 5.75 Å². The van der Waals surface area contributed by atoms with Crippen LogP contribution in [0.15, 0.2) is 48.8 Å². The van der Waals surface area contributed by atoms with E-state index in [9.17, 15) is 0 Å². The first-order valence-electron chi connectivity index (χ1n) is 8.46. The van der Waals surface area contributed by atoms with E-state index in [1.165, 1.54) is 9.26 Å². The van der Waals surface area contributed by atoms with Crippen LogP contribution >= 0.6 is 22.6 Å². The second-order valence-corrected chi connectivity index (χ2v) is 7.53. The van der Waals surface area contributed by atoms with Crippen molar-refractivity contribution < 1.29 is 4.74 Å². The van der Waals surface area contributed by atoms with Crippen molar-refractivity contribution in [2.24, 2.45) is 0 Å². The van der Waals surface area contributed by atoms with Gasteiger partial charge in [-0.05, 0) is 46.9 Å². The first-order valence-corrected chi connectivity index (χ1v) is 9.54. The summed E-state index contributed by atoms with van der Waals surface area (Å²) in [6.07, 6.45) is 4.26. The zero-order valence-corrected chi connectivity index (χ0v) is 16.4. The highest BCUT2D eigenvalue weighted by atomic mass is 123. The number of para-hydroxylation sites is 2. The van der Waals surface area contributed by atoms with Crippen molar-refractivity contribution in [1.82, 2.24) is 14.3 Å². The summed E-state index contributed by atoms with van der Waals surface area (Å²) >= 11 is 2.33. The molecule has 1 aliphatic rings. The molecular weight excluding hydrogens is 423 g/mol. The minimum atomic E-state index is 0.901. The first-order chi connectivity index (χ1) is 12.2. The zero-order valence-electron chi connectivity index (χ0n) is 14.2. The molecule has 3 aromatic rings. The number of pyridine rings is 1. The number of methoxy groups -OCH3 is 1. The number of imidazole rings is 1. The third-order valence-electron chi connectivity index (χ3n) is 4.65. The summed E-state index contributed by atoms with van der Waals surface area (Å²) in [6.45, 7) is 4.97. The fourth-order valence-corrected chi connectivity index (χ4v) is 3.84. The summed E-state index contributed by atoms with van der Waals surface area (Å²) in [4.78, 5) is 9.61. The Morgan fingerprint density at radius 1 is 1.04 bits per heavy atom. The van der Waals surface area contributed by atoms with Crippen molar-refractivity contribution in [1.29, 1.82) is 0 Å². The van der Waals surface area contributed by atoms with Gasteiger partial charge < -0.3 is 14.0 Å². The van der Waals surface area contributed by atoms with Gasteiger partial charge in [-0.3, -0.25) is 4.90 Å². The Balaban J connectivity index is 1.41. The number of fused-ring (bicyclic) bond motifs is 1. The average molecular weight is 444 g/mol. The molecule has 2 aromatic heterocycles. The molecule has 1 aliphatic heterocycles. The molecule has 5 nitrogen and oxygen atoms in total. The number of halogens is 1. The van der Waals surface area contributed by atoms with Crippen LogP contribution in [-0.4, -0.2) is 47.6 Å². The zero-order chi connectivity index (χ0) is 17.2. The fraction of sp³-hybridized carbons (Fsp3) is 0.316. The minimum Gasteiger partial charge on any atom is -0.495 e. The lowest BCUT2D eigenvalue weighted by Gasteiger charge is -2.36. The Labute approximate surface area is 161 Å². The lowest BCUT2D eigenvalue weighted by Crippen LogP contribution is -2.46. The summed E-state index contributed by atoms with van der Waals surface area (Å²) in [7, 11) is 1.74. The number of hydrogen-bond acceptors (Lipinski definition) is 4. The van der Waals surface area contributed by atoms with Gasteiger partial charge in [-0.1, -0.05) is 12.1 Å². The summed E-state index contributed by atoms with van der Waals surface area (Å²) in [5.74, 6) is 0.950. The number of nitrogens with zero attached hydrogens (tertiary/aromatic N) is 4. The molecule has 0 unspecified atom stereocenters. The average Bonchev–Trinajstić information content (AvgIpc) is 3.03. The molecule has 1 aromatic carbocycles. The van der Waals surface area contributed by atoms with E-state index in [0.29, 0.717) is 0 Å². The lowest BCUT2D eigenvalue weighted by molar-refractivity contribution is 0.247. The van der Waals surface area contributed by atoms with Crippen LogP contribution in [0.2, 0.25) is 0 Å². The predicted octanol–water partition coefficient (Wildman–Crippen LogP) is 3.27. The van der Waals surface area contributed by atoms with E-state index in [1.54, 1.807) is 7.11 Å². The summed E-state index contributed by atoms with van der Waals surface area (Å²) in [6, 6.07) is 12.4. The van der Waals surface area contributed by atoms with Gasteiger partial charge in [0.15, 0.2) is 0 Å². The monoisotopic (exact) mass is 444 g/mol. The highest BCUT2D eigenvalue weighted by Crippen LogP contribution is 2.28. The number of aromatic nitrogens is 2. The first kappa shape index (κ1) is 16.7. The quantitative estimate of drug-likeness (QED) is 0.579. The second-order valence-electron chi connectivity index (χ2n) is 6.28. The van der Waals surface area contributed by atoms with Crippen LogP contribution in [0, 0.1) is 3.57 Å². The molecule has 0 atom stereocenters. The van der Waals surface area contributed by atoms with Crippen molar-refractivity contribution in [3.8, 4) is 5.75 Å². The van der Waals surface area contributed by atoms with Gasteiger partial charge in [0.1, 0.15) is 11.4 Å². The molecule has 3 heterocycles. The molecule has 0 spiro atoms. The SMILES string of the molecule is COc1ccccc1N1CCN(Cc2cn3cc([123I])ccc3n2)CC1. The van der Waals surface area contributed by atoms with Gasteiger partial charge in [-0.15, -0.1) is 0 Å². The van der Waals surface area contributed by atoms with Crippen LogP contribution in [0.25, 0.3) is 5.65 Å². The van der Waals surface area contributed by atoms with Crippen molar-refractivity contribution in [3.63, 3.8) is 0 Å². The van der Waals surface area contributed by atoms with Crippen LogP contribution in [0.1, 0.15) is 5.69 Å². The Hall–Kier alpha value is -1.80. The lowest BCUT2D eigenvalue weighted by atomic mass is 10.2. The molecule has 0 amide bonds. The number of anilines is 1. The third kappa shape index (κ3) is 3.59. The van der Waals surface area contributed by atoms with Crippen LogP contribution < -0.4 is 9.64 Å². The Kier molecular flexibility index (Phi) is 4.80. The molecule has 0 N–H and O–H groups in total. The number of hydrogen-bond donors (Lipinski definition) is 0. The van der Waals surface area contributed by atoms with Gasteiger partial charge in [0.2, 0.25) is 0 Å². The molecule has 1 saturated heterocycles. The molecule has 4 rings (SSSR count). The van der Waals surface area contributed by atoms with Crippen molar-refractivity contribution in [2.45, 2.75) is 6.54 Å². The van der Waals surface area contributed by atoms with Gasteiger partial charge >= 0.3 is 0 Å². The van der Waals surface area contributed by atoms with E-state index in [-0.39, 0.29) is 0 Å². The largest absolute Gasteiger partial charge is 0.495 e. The standard InChI is InChI=1S/C19H21IN4O/c1-25-18-5-3-2-4-17(18)23-10-8-22(9-11-23)13-16-14-24-12-15(20)6-7-19(24)21-16/h2-7,12,14H,8-11,13H2,1H3/i20-4. The van der Waals surface area contributed by atoms with Crippen LogP contribution in [0.3, 0.4) is 0 Å². The van der Waals surface area contributed by atoms with Crippen molar-refractivity contribution in [2.75, 3.05) is 38.2 Å². The number of rotatable bonds is 4. The van der Waals surface area contributed by atoms with E-state index in [0.717, 1.165) is 49.8 Å². The maximum Gasteiger partial charge on any atom is 0.142 e. The Bertz CT molecular complexity index is 871. The maximum atomic E-state index is 5.50. The number of ether oxygens (including phenoxy) is 1.